The van der Waals surface area contributed by atoms with E-state index in [0.29, 0.717) is 28.3 Å². The Balaban J connectivity index is 1.91. The van der Waals surface area contributed by atoms with E-state index in [1.807, 2.05) is 19.6 Å². The molecule has 0 spiro atoms. The number of aliphatic carboxylic acids is 1. The van der Waals surface area contributed by atoms with Crippen LogP contribution in [0.25, 0.3) is 0 Å². The zero-order valence-electron chi connectivity index (χ0n) is 20.5. The lowest BCUT2D eigenvalue weighted by molar-refractivity contribution is -0.144. The van der Waals surface area contributed by atoms with Crippen LogP contribution in [0.2, 0.25) is 19.6 Å². The highest BCUT2D eigenvalue weighted by molar-refractivity contribution is 6.88. The van der Waals surface area contributed by atoms with Gasteiger partial charge in [-0.15, -0.1) is 0 Å². The van der Waals surface area contributed by atoms with Crippen LogP contribution in [-0.4, -0.2) is 55.3 Å². The Labute approximate surface area is 209 Å². The maximum Gasteiger partial charge on any atom is 0.303 e. The number of benzene rings is 2. The summed E-state index contributed by atoms with van der Waals surface area (Å²) in [4.78, 5) is 38.7. The Morgan fingerprint density at radius 3 is 2.44 bits per heavy atom. The standard InChI is InChI=1S/C26H30F3NO5Si/c1-36(2,3)22-7-4-16(12-20(22)27)13-21(31)26-19-6-5-18(35-15-23(28)29)14-17(19)10-11-30(26)24(32)8-9-25(33)34/h4-7,12,14,23,26H,8-11,13,15H2,1-3H3,(H,33,34)/t26-/m1/s1. The van der Waals surface area contributed by atoms with E-state index in [-0.39, 0.29) is 43.2 Å². The molecule has 0 saturated heterocycles. The third-order valence-corrected chi connectivity index (χ3v) is 8.14. The van der Waals surface area contributed by atoms with Crippen LogP contribution in [0.1, 0.15) is 35.6 Å². The van der Waals surface area contributed by atoms with Gasteiger partial charge in [0.1, 0.15) is 24.2 Å². The summed E-state index contributed by atoms with van der Waals surface area (Å²) in [7, 11) is -1.90. The number of nitrogens with zero attached hydrogens (tertiary/aromatic N) is 1. The summed E-state index contributed by atoms with van der Waals surface area (Å²) in [5.41, 5.74) is 1.68. The monoisotopic (exact) mass is 521 g/mol. The van der Waals surface area contributed by atoms with Crippen LogP contribution in [0, 0.1) is 5.82 Å². The number of carboxylic acid groups (broad SMARTS) is 1. The molecule has 1 N–H and O–H groups in total. The summed E-state index contributed by atoms with van der Waals surface area (Å²) in [6, 6.07) is 8.41. The van der Waals surface area contributed by atoms with Crippen molar-refractivity contribution in [3.8, 4) is 5.75 Å². The zero-order chi connectivity index (χ0) is 26.6. The maximum atomic E-state index is 14.8. The highest BCUT2D eigenvalue weighted by Crippen LogP contribution is 2.34. The number of alkyl halides is 2. The number of hydrogen-bond acceptors (Lipinski definition) is 4. The van der Waals surface area contributed by atoms with Gasteiger partial charge in [0.25, 0.3) is 6.43 Å². The molecule has 1 amide bonds. The molecule has 6 nitrogen and oxygen atoms in total. The molecule has 1 aliphatic rings. The predicted molar refractivity (Wildman–Crippen MR) is 131 cm³/mol. The Morgan fingerprint density at radius 2 is 1.83 bits per heavy atom. The fourth-order valence-corrected chi connectivity index (χ4v) is 5.77. The van der Waals surface area contributed by atoms with Gasteiger partial charge in [-0.1, -0.05) is 37.8 Å². The third-order valence-electron chi connectivity index (χ3n) is 6.12. The Kier molecular flexibility index (Phi) is 8.60. The van der Waals surface area contributed by atoms with Crippen LogP contribution in [0.15, 0.2) is 36.4 Å². The minimum absolute atomic E-state index is 0.126. The van der Waals surface area contributed by atoms with Crippen molar-refractivity contribution in [2.45, 2.75) is 57.8 Å². The number of fused-ring (bicyclic) bond motifs is 1. The average molecular weight is 522 g/mol. The molecule has 3 rings (SSSR count). The van der Waals surface area contributed by atoms with E-state index >= 15 is 0 Å². The minimum Gasteiger partial charge on any atom is -0.488 e. The van der Waals surface area contributed by atoms with Crippen molar-refractivity contribution in [3.05, 3.63) is 58.9 Å². The number of amides is 1. The van der Waals surface area contributed by atoms with Gasteiger partial charge < -0.3 is 14.7 Å². The number of ether oxygens (including phenoxy) is 1. The first-order valence-electron chi connectivity index (χ1n) is 11.7. The van der Waals surface area contributed by atoms with Gasteiger partial charge in [0, 0.05) is 19.4 Å². The molecule has 2 aromatic carbocycles. The first kappa shape index (κ1) is 27.4. The molecule has 0 bridgehead atoms. The SMILES string of the molecule is C[Si](C)(C)c1ccc(CC(=O)[C@H]2c3ccc(OCC(F)F)cc3CCN2C(=O)CCC(=O)O)cc1F. The van der Waals surface area contributed by atoms with Crippen molar-refractivity contribution < 1.29 is 37.4 Å². The van der Waals surface area contributed by atoms with Gasteiger partial charge in [-0.05, 0) is 46.5 Å². The van der Waals surface area contributed by atoms with Crippen molar-refractivity contribution in [1.29, 1.82) is 0 Å². The van der Waals surface area contributed by atoms with Crippen LogP contribution in [0.3, 0.4) is 0 Å². The molecule has 1 atom stereocenters. The summed E-state index contributed by atoms with van der Waals surface area (Å²) in [5.74, 6) is -2.07. The Hall–Kier alpha value is -3.14. The molecule has 10 heteroatoms. The number of carbonyl (C=O) groups is 3. The fourth-order valence-electron chi connectivity index (χ4n) is 4.40. The molecule has 0 aliphatic carbocycles. The molecule has 0 fully saturated rings. The highest BCUT2D eigenvalue weighted by Gasteiger charge is 2.36. The molecule has 1 aliphatic heterocycles. The number of carboxylic acids is 1. The van der Waals surface area contributed by atoms with Crippen LogP contribution < -0.4 is 9.92 Å². The zero-order valence-corrected chi connectivity index (χ0v) is 21.5. The van der Waals surface area contributed by atoms with Gasteiger partial charge in [-0.2, -0.15) is 0 Å². The van der Waals surface area contributed by atoms with Gasteiger partial charge >= 0.3 is 5.97 Å². The van der Waals surface area contributed by atoms with Crippen LogP contribution in [0.5, 0.6) is 5.75 Å². The summed E-state index contributed by atoms with van der Waals surface area (Å²) >= 11 is 0. The fraction of sp³-hybridized carbons (Fsp3) is 0.423. The molecule has 36 heavy (non-hydrogen) atoms. The molecular formula is C26H30F3NO5Si. The van der Waals surface area contributed by atoms with E-state index in [2.05, 4.69) is 0 Å². The van der Waals surface area contributed by atoms with Crippen molar-refractivity contribution >= 4 is 30.9 Å². The van der Waals surface area contributed by atoms with Crippen molar-refractivity contribution in [3.63, 3.8) is 0 Å². The first-order valence-corrected chi connectivity index (χ1v) is 15.2. The van der Waals surface area contributed by atoms with E-state index < -0.39 is 39.0 Å². The van der Waals surface area contributed by atoms with E-state index in [4.69, 9.17) is 9.84 Å². The van der Waals surface area contributed by atoms with Gasteiger partial charge in [-0.3, -0.25) is 14.4 Å². The second-order valence-corrected chi connectivity index (χ2v) is 14.9. The number of halogens is 3. The molecule has 0 radical (unpaired) electrons. The van der Waals surface area contributed by atoms with Crippen LogP contribution in [-0.2, 0) is 27.2 Å². The predicted octanol–water partition coefficient (Wildman–Crippen LogP) is 4.12. The van der Waals surface area contributed by atoms with Gasteiger partial charge in [0.05, 0.1) is 14.5 Å². The topological polar surface area (TPSA) is 83.9 Å². The second-order valence-electron chi connectivity index (χ2n) is 9.90. The van der Waals surface area contributed by atoms with E-state index in [0.717, 1.165) is 0 Å². The van der Waals surface area contributed by atoms with Gasteiger partial charge in [0.2, 0.25) is 5.91 Å². The van der Waals surface area contributed by atoms with E-state index in [9.17, 15) is 27.6 Å². The molecule has 1 heterocycles. The summed E-state index contributed by atoms with van der Waals surface area (Å²) in [5, 5.41) is 9.63. The normalized spacial score (nSPS) is 15.5. The Morgan fingerprint density at radius 1 is 1.11 bits per heavy atom. The lowest BCUT2D eigenvalue weighted by Gasteiger charge is -2.37. The highest BCUT2D eigenvalue weighted by atomic mass is 28.3. The smallest absolute Gasteiger partial charge is 0.303 e. The second kappa shape index (κ2) is 11.3. The molecule has 0 aromatic heterocycles. The van der Waals surface area contributed by atoms with Crippen LogP contribution >= 0.6 is 0 Å². The average Bonchev–Trinajstić information content (AvgIpc) is 2.79. The summed E-state index contributed by atoms with van der Waals surface area (Å²) in [6.07, 6.45) is -3.04. The van der Waals surface area contributed by atoms with E-state index in [1.54, 1.807) is 24.3 Å². The molecule has 0 saturated carbocycles. The lowest BCUT2D eigenvalue weighted by Crippen LogP contribution is -2.44. The number of hydrogen-bond donors (Lipinski definition) is 1. The van der Waals surface area contributed by atoms with Crippen molar-refractivity contribution in [2.24, 2.45) is 0 Å². The number of ketones is 1. The minimum atomic E-state index is -2.63. The molecule has 2 aromatic rings. The molecular weight excluding hydrogens is 491 g/mol. The molecule has 194 valence electrons. The summed E-state index contributed by atoms with van der Waals surface area (Å²) in [6.45, 7) is 5.46. The quantitative estimate of drug-likeness (QED) is 0.476. The number of rotatable bonds is 10. The van der Waals surface area contributed by atoms with Gasteiger partial charge in [-0.25, -0.2) is 13.2 Å². The Bertz CT molecular complexity index is 1150. The van der Waals surface area contributed by atoms with Crippen molar-refractivity contribution in [1.82, 2.24) is 4.90 Å². The maximum absolute atomic E-state index is 14.8. The van der Waals surface area contributed by atoms with Crippen LogP contribution in [0.4, 0.5) is 13.2 Å². The third kappa shape index (κ3) is 6.75. The van der Waals surface area contributed by atoms with E-state index in [1.165, 1.54) is 17.0 Å². The van der Waals surface area contributed by atoms with Gasteiger partial charge in [0.15, 0.2) is 5.78 Å². The first-order chi connectivity index (χ1) is 16.9. The lowest BCUT2D eigenvalue weighted by atomic mass is 9.87. The number of carbonyl (C=O) groups excluding carboxylic acids is 2. The molecule has 0 unspecified atom stereocenters. The largest absolute Gasteiger partial charge is 0.488 e. The van der Waals surface area contributed by atoms with Crippen molar-refractivity contribution in [2.75, 3.05) is 13.2 Å². The number of Topliss-reactive ketones (excluding diaryl/α,β-unsaturated/α-hetero) is 1. The summed E-state index contributed by atoms with van der Waals surface area (Å²) < 4.78 is 44.9.